The quantitative estimate of drug-likeness (QED) is 0.318. The van der Waals surface area contributed by atoms with E-state index in [0.29, 0.717) is 13.0 Å². The standard InChI is InChI=1S/C20H34O2/c1-3-5-6-9-16-14-15-17-10-7-11-18(17)19(16)12-8-13-20(21)22-4-2/h14-19H,3-13H2,1-2H3. The molecule has 0 aromatic carbocycles. The molecule has 2 heteroatoms. The summed E-state index contributed by atoms with van der Waals surface area (Å²) >= 11 is 0. The highest BCUT2D eigenvalue weighted by Gasteiger charge is 2.38. The number of allylic oxidation sites excluding steroid dienone is 2. The maximum Gasteiger partial charge on any atom is 0.305 e. The van der Waals surface area contributed by atoms with E-state index in [1.165, 1.54) is 51.4 Å². The minimum atomic E-state index is -0.0145. The number of hydrogen-bond acceptors (Lipinski definition) is 2. The Labute approximate surface area is 136 Å². The van der Waals surface area contributed by atoms with Gasteiger partial charge in [0.05, 0.1) is 6.61 Å². The molecule has 0 saturated heterocycles. The van der Waals surface area contributed by atoms with Gasteiger partial charge in [0.1, 0.15) is 0 Å². The van der Waals surface area contributed by atoms with Crippen molar-refractivity contribution in [3.05, 3.63) is 12.2 Å². The average Bonchev–Trinajstić information content (AvgIpc) is 2.98. The van der Waals surface area contributed by atoms with Crippen molar-refractivity contribution < 1.29 is 9.53 Å². The molecule has 0 aromatic heterocycles. The van der Waals surface area contributed by atoms with Crippen molar-refractivity contribution in [2.45, 2.75) is 78.1 Å². The Morgan fingerprint density at radius 1 is 1.09 bits per heavy atom. The van der Waals surface area contributed by atoms with Crippen LogP contribution in [0.4, 0.5) is 0 Å². The molecule has 0 aromatic rings. The molecule has 1 saturated carbocycles. The van der Waals surface area contributed by atoms with Gasteiger partial charge in [0.15, 0.2) is 0 Å². The molecule has 0 bridgehead atoms. The van der Waals surface area contributed by atoms with Crippen molar-refractivity contribution in [1.29, 1.82) is 0 Å². The van der Waals surface area contributed by atoms with Gasteiger partial charge in [0.25, 0.3) is 0 Å². The summed E-state index contributed by atoms with van der Waals surface area (Å²) in [5.41, 5.74) is 0. The first-order valence-corrected chi connectivity index (χ1v) is 9.60. The first kappa shape index (κ1) is 17.6. The fraction of sp³-hybridized carbons (Fsp3) is 0.850. The van der Waals surface area contributed by atoms with Crippen LogP contribution < -0.4 is 0 Å². The summed E-state index contributed by atoms with van der Waals surface area (Å²) in [5.74, 6) is 3.27. The highest BCUT2D eigenvalue weighted by atomic mass is 16.5. The summed E-state index contributed by atoms with van der Waals surface area (Å²) in [5, 5.41) is 0. The predicted octanol–water partition coefficient (Wildman–Crippen LogP) is 5.52. The number of hydrogen-bond donors (Lipinski definition) is 0. The summed E-state index contributed by atoms with van der Waals surface area (Å²) in [7, 11) is 0. The Kier molecular flexibility index (Phi) is 7.48. The van der Waals surface area contributed by atoms with Gasteiger partial charge in [-0.2, -0.15) is 0 Å². The Balaban J connectivity index is 1.87. The molecular formula is C20H34O2. The third kappa shape index (κ3) is 4.86. The Morgan fingerprint density at radius 3 is 2.73 bits per heavy atom. The van der Waals surface area contributed by atoms with Gasteiger partial charge in [-0.1, -0.05) is 44.8 Å². The van der Waals surface area contributed by atoms with Crippen molar-refractivity contribution in [3.63, 3.8) is 0 Å². The third-order valence-corrected chi connectivity index (χ3v) is 5.69. The van der Waals surface area contributed by atoms with Gasteiger partial charge in [0.2, 0.25) is 0 Å². The van der Waals surface area contributed by atoms with Gasteiger partial charge >= 0.3 is 5.97 Å². The van der Waals surface area contributed by atoms with Crippen LogP contribution in [-0.2, 0) is 9.53 Å². The third-order valence-electron chi connectivity index (χ3n) is 5.69. The molecular weight excluding hydrogens is 272 g/mol. The Bertz CT molecular complexity index is 361. The number of carbonyl (C=O) groups excluding carboxylic acids is 1. The van der Waals surface area contributed by atoms with Crippen LogP contribution in [0, 0.1) is 23.7 Å². The average molecular weight is 306 g/mol. The molecule has 2 aliphatic carbocycles. The molecule has 4 atom stereocenters. The second-order valence-corrected chi connectivity index (χ2v) is 7.16. The van der Waals surface area contributed by atoms with Crippen LogP contribution >= 0.6 is 0 Å². The van der Waals surface area contributed by atoms with Crippen molar-refractivity contribution in [2.24, 2.45) is 23.7 Å². The molecule has 0 amide bonds. The van der Waals surface area contributed by atoms with E-state index in [-0.39, 0.29) is 5.97 Å². The van der Waals surface area contributed by atoms with Crippen molar-refractivity contribution >= 4 is 5.97 Å². The van der Waals surface area contributed by atoms with Gasteiger partial charge in [-0.3, -0.25) is 4.79 Å². The Hall–Kier alpha value is -0.790. The van der Waals surface area contributed by atoms with Crippen LogP contribution in [0.1, 0.15) is 78.1 Å². The number of fused-ring (bicyclic) bond motifs is 1. The second kappa shape index (κ2) is 9.37. The molecule has 126 valence electrons. The van der Waals surface area contributed by atoms with Gasteiger partial charge in [0, 0.05) is 6.42 Å². The van der Waals surface area contributed by atoms with Gasteiger partial charge in [-0.25, -0.2) is 0 Å². The summed E-state index contributed by atoms with van der Waals surface area (Å²) in [4.78, 5) is 11.6. The highest BCUT2D eigenvalue weighted by molar-refractivity contribution is 5.69. The van der Waals surface area contributed by atoms with Crippen molar-refractivity contribution in [3.8, 4) is 0 Å². The largest absolute Gasteiger partial charge is 0.466 e. The highest BCUT2D eigenvalue weighted by Crippen LogP contribution is 2.47. The fourth-order valence-corrected chi connectivity index (χ4v) is 4.62. The van der Waals surface area contributed by atoms with Gasteiger partial charge < -0.3 is 4.74 Å². The van der Waals surface area contributed by atoms with E-state index in [0.717, 1.165) is 30.1 Å². The van der Waals surface area contributed by atoms with E-state index < -0.39 is 0 Å². The normalized spacial score (nSPS) is 30.3. The molecule has 0 aliphatic heterocycles. The molecule has 22 heavy (non-hydrogen) atoms. The number of unbranched alkanes of at least 4 members (excludes halogenated alkanes) is 2. The lowest BCUT2D eigenvalue weighted by Crippen LogP contribution is -2.28. The van der Waals surface area contributed by atoms with E-state index in [1.807, 2.05) is 6.92 Å². The number of esters is 1. The number of rotatable bonds is 9. The molecule has 0 radical (unpaired) electrons. The summed E-state index contributed by atoms with van der Waals surface area (Å²) < 4.78 is 5.07. The van der Waals surface area contributed by atoms with E-state index in [4.69, 9.17) is 4.74 Å². The maximum atomic E-state index is 11.6. The first-order valence-electron chi connectivity index (χ1n) is 9.60. The van der Waals surface area contributed by atoms with Crippen LogP contribution in [0.15, 0.2) is 12.2 Å². The molecule has 0 heterocycles. The second-order valence-electron chi connectivity index (χ2n) is 7.16. The SMILES string of the molecule is CCCCCC1C=CC2CCCC2C1CCCC(=O)OCC. The van der Waals surface area contributed by atoms with Crippen LogP contribution in [0.2, 0.25) is 0 Å². The molecule has 1 fully saturated rings. The zero-order chi connectivity index (χ0) is 15.8. The summed E-state index contributed by atoms with van der Waals surface area (Å²) in [6, 6.07) is 0. The van der Waals surface area contributed by atoms with E-state index >= 15 is 0 Å². The molecule has 2 nitrogen and oxygen atoms in total. The molecule has 0 spiro atoms. The van der Waals surface area contributed by atoms with Crippen molar-refractivity contribution in [2.75, 3.05) is 6.61 Å². The van der Waals surface area contributed by atoms with E-state index in [1.54, 1.807) is 0 Å². The van der Waals surface area contributed by atoms with Crippen LogP contribution in [0.5, 0.6) is 0 Å². The molecule has 2 rings (SSSR count). The van der Waals surface area contributed by atoms with Crippen LogP contribution in [0.3, 0.4) is 0 Å². The van der Waals surface area contributed by atoms with Crippen LogP contribution in [0.25, 0.3) is 0 Å². The molecule has 2 aliphatic rings. The molecule has 4 unspecified atom stereocenters. The number of ether oxygens (including phenoxy) is 1. The lowest BCUT2D eigenvalue weighted by Gasteiger charge is -2.37. The lowest BCUT2D eigenvalue weighted by atomic mass is 9.68. The van der Waals surface area contributed by atoms with Crippen molar-refractivity contribution in [1.82, 2.24) is 0 Å². The number of carbonyl (C=O) groups is 1. The van der Waals surface area contributed by atoms with E-state index in [9.17, 15) is 4.79 Å². The summed E-state index contributed by atoms with van der Waals surface area (Å²) in [6.07, 6.45) is 17.4. The minimum Gasteiger partial charge on any atom is -0.466 e. The minimum absolute atomic E-state index is 0.0145. The fourth-order valence-electron chi connectivity index (χ4n) is 4.62. The van der Waals surface area contributed by atoms with Crippen LogP contribution in [-0.4, -0.2) is 12.6 Å². The van der Waals surface area contributed by atoms with Gasteiger partial charge in [-0.05, 0) is 62.7 Å². The molecule has 0 N–H and O–H groups in total. The topological polar surface area (TPSA) is 26.3 Å². The lowest BCUT2D eigenvalue weighted by molar-refractivity contribution is -0.143. The maximum absolute atomic E-state index is 11.6. The smallest absolute Gasteiger partial charge is 0.305 e. The zero-order valence-corrected chi connectivity index (χ0v) is 14.6. The summed E-state index contributed by atoms with van der Waals surface area (Å²) in [6.45, 7) is 4.67. The Morgan fingerprint density at radius 2 is 1.95 bits per heavy atom. The van der Waals surface area contributed by atoms with Gasteiger partial charge in [-0.15, -0.1) is 0 Å². The van der Waals surface area contributed by atoms with E-state index in [2.05, 4.69) is 19.1 Å². The first-order chi connectivity index (χ1) is 10.8. The monoisotopic (exact) mass is 306 g/mol. The zero-order valence-electron chi connectivity index (χ0n) is 14.6. The predicted molar refractivity (Wildman–Crippen MR) is 91.6 cm³/mol.